The van der Waals surface area contributed by atoms with Gasteiger partial charge in [0.1, 0.15) is 12.1 Å². The van der Waals surface area contributed by atoms with Crippen LogP contribution in [0.5, 0.6) is 0 Å². The highest BCUT2D eigenvalue weighted by molar-refractivity contribution is 5.84. The highest BCUT2D eigenvalue weighted by Gasteiger charge is 2.11. The number of fused-ring (bicyclic) bond motifs is 1. The molecule has 100 valence electrons. The summed E-state index contributed by atoms with van der Waals surface area (Å²) in [4.78, 5) is 12.9. The lowest BCUT2D eigenvalue weighted by Crippen LogP contribution is -2.02. The zero-order valence-electron chi connectivity index (χ0n) is 11.4. The van der Waals surface area contributed by atoms with Crippen LogP contribution >= 0.6 is 0 Å². The maximum atomic E-state index is 5.99. The molecule has 2 N–H and O–H groups in total. The van der Waals surface area contributed by atoms with Crippen molar-refractivity contribution in [1.82, 2.24) is 15.0 Å². The van der Waals surface area contributed by atoms with Gasteiger partial charge in [-0.25, -0.2) is 9.97 Å². The largest absolute Gasteiger partial charge is 0.383 e. The summed E-state index contributed by atoms with van der Waals surface area (Å²) in [5, 5.41) is 1.10. The minimum absolute atomic E-state index is 0.572. The van der Waals surface area contributed by atoms with Crippen LogP contribution in [0.25, 0.3) is 22.2 Å². The van der Waals surface area contributed by atoms with Gasteiger partial charge in [-0.1, -0.05) is 25.5 Å². The van der Waals surface area contributed by atoms with Gasteiger partial charge in [-0.2, -0.15) is 0 Å². The maximum absolute atomic E-state index is 5.99. The van der Waals surface area contributed by atoms with E-state index in [1.54, 1.807) is 6.20 Å². The molecule has 0 aliphatic carbocycles. The summed E-state index contributed by atoms with van der Waals surface area (Å²) in [6.07, 6.45) is 5.22. The van der Waals surface area contributed by atoms with Crippen molar-refractivity contribution in [2.75, 3.05) is 5.73 Å². The van der Waals surface area contributed by atoms with Crippen LogP contribution < -0.4 is 5.73 Å². The summed E-state index contributed by atoms with van der Waals surface area (Å²) in [5.74, 6) is 0.572. The Balaban J connectivity index is 2.17. The van der Waals surface area contributed by atoms with E-state index in [-0.39, 0.29) is 0 Å². The van der Waals surface area contributed by atoms with Gasteiger partial charge >= 0.3 is 0 Å². The first-order valence-electron chi connectivity index (χ1n) is 6.74. The number of nitrogens with two attached hydrogens (primary N) is 1. The molecule has 0 spiro atoms. The van der Waals surface area contributed by atoms with E-state index < -0.39 is 0 Å². The van der Waals surface area contributed by atoms with E-state index in [9.17, 15) is 0 Å². The van der Waals surface area contributed by atoms with E-state index >= 15 is 0 Å². The van der Waals surface area contributed by atoms with Crippen molar-refractivity contribution in [3.63, 3.8) is 0 Å². The van der Waals surface area contributed by atoms with Gasteiger partial charge in [-0.15, -0.1) is 0 Å². The summed E-state index contributed by atoms with van der Waals surface area (Å²) in [5.41, 5.74) is 9.98. The Labute approximate surface area is 117 Å². The molecule has 2 aromatic heterocycles. The minimum Gasteiger partial charge on any atom is -0.383 e. The van der Waals surface area contributed by atoms with Crippen molar-refractivity contribution in [3.8, 4) is 11.3 Å². The Morgan fingerprint density at radius 3 is 2.85 bits per heavy atom. The number of hydrogen-bond donors (Lipinski definition) is 1. The Hall–Kier alpha value is -2.49. The monoisotopic (exact) mass is 264 g/mol. The number of hydrogen-bond acceptors (Lipinski definition) is 4. The predicted molar refractivity (Wildman–Crippen MR) is 81.2 cm³/mol. The van der Waals surface area contributed by atoms with Crippen molar-refractivity contribution < 1.29 is 0 Å². The zero-order valence-corrected chi connectivity index (χ0v) is 11.4. The summed E-state index contributed by atoms with van der Waals surface area (Å²) in [6, 6.07) is 10.1. The van der Waals surface area contributed by atoms with Gasteiger partial charge in [0.2, 0.25) is 0 Å². The Kier molecular flexibility index (Phi) is 3.29. The fourth-order valence-electron chi connectivity index (χ4n) is 2.39. The van der Waals surface area contributed by atoms with Crippen LogP contribution in [0.2, 0.25) is 0 Å². The first kappa shape index (κ1) is 12.5. The van der Waals surface area contributed by atoms with E-state index in [2.05, 4.69) is 34.0 Å². The molecule has 3 aromatic rings. The molecule has 0 unspecified atom stereocenters. The molecule has 0 amide bonds. The molecule has 0 bridgehead atoms. The number of aromatic nitrogens is 3. The molecule has 0 radical (unpaired) electrons. The highest BCUT2D eigenvalue weighted by Crippen LogP contribution is 2.27. The number of benzene rings is 1. The highest BCUT2D eigenvalue weighted by atomic mass is 14.9. The molecule has 4 nitrogen and oxygen atoms in total. The second-order valence-electron chi connectivity index (χ2n) is 4.75. The number of nitrogen functional groups attached to an aromatic ring is 1. The second-order valence-corrected chi connectivity index (χ2v) is 4.75. The summed E-state index contributed by atoms with van der Waals surface area (Å²) in [7, 11) is 0. The maximum Gasteiger partial charge on any atom is 0.130 e. The van der Waals surface area contributed by atoms with Crippen LogP contribution in [-0.2, 0) is 6.42 Å². The number of pyridine rings is 1. The Morgan fingerprint density at radius 2 is 2.00 bits per heavy atom. The van der Waals surface area contributed by atoms with Gasteiger partial charge in [-0.3, -0.25) is 4.98 Å². The zero-order chi connectivity index (χ0) is 13.9. The van der Waals surface area contributed by atoms with E-state index in [1.807, 2.05) is 18.2 Å². The van der Waals surface area contributed by atoms with Gasteiger partial charge in [0.05, 0.1) is 11.2 Å². The normalized spacial score (nSPS) is 10.8. The van der Waals surface area contributed by atoms with Gasteiger partial charge in [0.25, 0.3) is 0 Å². The van der Waals surface area contributed by atoms with Gasteiger partial charge in [0, 0.05) is 22.7 Å². The lowest BCUT2D eigenvalue weighted by molar-refractivity contribution is 0.908. The van der Waals surface area contributed by atoms with E-state index in [0.29, 0.717) is 5.82 Å². The summed E-state index contributed by atoms with van der Waals surface area (Å²) < 4.78 is 0. The molecule has 0 aliphatic heterocycles. The smallest absolute Gasteiger partial charge is 0.130 e. The van der Waals surface area contributed by atoms with Crippen LogP contribution in [0.1, 0.15) is 18.9 Å². The second kappa shape index (κ2) is 5.25. The first-order chi connectivity index (χ1) is 9.79. The topological polar surface area (TPSA) is 64.7 Å². The van der Waals surface area contributed by atoms with Crippen LogP contribution in [0, 0.1) is 0 Å². The van der Waals surface area contributed by atoms with Crippen LogP contribution in [-0.4, -0.2) is 15.0 Å². The Morgan fingerprint density at radius 1 is 1.10 bits per heavy atom. The fraction of sp³-hybridized carbons (Fsp3) is 0.188. The molecular formula is C16H16N4. The average molecular weight is 264 g/mol. The van der Waals surface area contributed by atoms with Crippen molar-refractivity contribution in [2.45, 2.75) is 19.8 Å². The van der Waals surface area contributed by atoms with Crippen molar-refractivity contribution in [2.24, 2.45) is 0 Å². The van der Waals surface area contributed by atoms with Crippen LogP contribution in [0.3, 0.4) is 0 Å². The lowest BCUT2D eigenvalue weighted by Gasteiger charge is -2.10. The van der Waals surface area contributed by atoms with Crippen LogP contribution in [0.15, 0.2) is 42.9 Å². The molecule has 0 aliphatic rings. The summed E-state index contributed by atoms with van der Waals surface area (Å²) >= 11 is 0. The fourth-order valence-corrected chi connectivity index (χ4v) is 2.39. The molecule has 0 saturated heterocycles. The summed E-state index contributed by atoms with van der Waals surface area (Å²) in [6.45, 7) is 2.13. The molecule has 20 heavy (non-hydrogen) atoms. The molecule has 0 saturated carbocycles. The van der Waals surface area contributed by atoms with E-state index in [1.165, 1.54) is 6.33 Å². The van der Waals surface area contributed by atoms with Crippen molar-refractivity contribution in [1.29, 1.82) is 0 Å². The number of anilines is 1. The average Bonchev–Trinajstić information content (AvgIpc) is 2.49. The lowest BCUT2D eigenvalue weighted by atomic mass is 10.0. The van der Waals surface area contributed by atoms with Crippen molar-refractivity contribution in [3.05, 3.63) is 48.4 Å². The molecule has 0 fully saturated rings. The first-order valence-corrected chi connectivity index (χ1v) is 6.74. The van der Waals surface area contributed by atoms with Gasteiger partial charge in [0.15, 0.2) is 0 Å². The standard InChI is InChI=1S/C16H16N4/c1-2-4-13-15(19-10-20-16(13)17)12-6-7-14-11(9-12)5-3-8-18-14/h3,5-10H,2,4H2,1H3,(H2,17,19,20). The Bertz CT molecular complexity index is 752. The van der Waals surface area contributed by atoms with E-state index in [0.717, 1.165) is 40.6 Å². The number of nitrogens with zero attached hydrogens (tertiary/aromatic N) is 3. The third kappa shape index (κ3) is 2.20. The van der Waals surface area contributed by atoms with E-state index in [4.69, 9.17) is 5.73 Å². The van der Waals surface area contributed by atoms with Crippen LogP contribution in [0.4, 0.5) is 5.82 Å². The molecule has 3 rings (SSSR count). The molecular weight excluding hydrogens is 248 g/mol. The predicted octanol–water partition coefficient (Wildman–Crippen LogP) is 3.23. The third-order valence-electron chi connectivity index (χ3n) is 3.36. The van der Waals surface area contributed by atoms with Gasteiger partial charge in [-0.05, 0) is 24.6 Å². The number of rotatable bonds is 3. The molecule has 1 aromatic carbocycles. The van der Waals surface area contributed by atoms with Crippen molar-refractivity contribution >= 4 is 16.7 Å². The minimum atomic E-state index is 0.572. The quantitative estimate of drug-likeness (QED) is 0.788. The molecule has 4 heteroatoms. The van der Waals surface area contributed by atoms with Gasteiger partial charge < -0.3 is 5.73 Å². The molecule has 2 heterocycles. The SMILES string of the molecule is CCCc1c(N)ncnc1-c1ccc2ncccc2c1. The third-order valence-corrected chi connectivity index (χ3v) is 3.36. The molecule has 0 atom stereocenters.